The van der Waals surface area contributed by atoms with Crippen molar-refractivity contribution in [3.8, 4) is 10.6 Å². The van der Waals surface area contributed by atoms with Gasteiger partial charge in [-0.1, -0.05) is 13.0 Å². The molecule has 3 heterocycles. The first-order valence-electron chi connectivity index (χ1n) is 9.48. The summed E-state index contributed by atoms with van der Waals surface area (Å²) in [4.78, 5) is 26.5. The van der Waals surface area contributed by atoms with Crippen LogP contribution in [0.15, 0.2) is 55.0 Å². The van der Waals surface area contributed by atoms with Gasteiger partial charge in [-0.15, -0.1) is 11.3 Å². The second-order valence-electron chi connectivity index (χ2n) is 6.69. The maximum absolute atomic E-state index is 12.7. The zero-order valence-electron chi connectivity index (χ0n) is 15.8. The molecule has 1 fully saturated rings. The van der Waals surface area contributed by atoms with Gasteiger partial charge in [-0.05, 0) is 36.9 Å². The molecule has 0 bridgehead atoms. The fourth-order valence-electron chi connectivity index (χ4n) is 3.30. The van der Waals surface area contributed by atoms with E-state index in [0.29, 0.717) is 4.88 Å². The Bertz CT molecular complexity index is 935. The number of carbonyl (C=O) groups is 1. The molecule has 1 aliphatic heterocycles. The molecule has 4 rings (SSSR count). The number of rotatable bonds is 5. The minimum absolute atomic E-state index is 0.134. The Morgan fingerprint density at radius 1 is 1.14 bits per heavy atom. The van der Waals surface area contributed by atoms with Crippen molar-refractivity contribution in [2.75, 3.05) is 42.9 Å². The van der Waals surface area contributed by atoms with E-state index in [9.17, 15) is 4.79 Å². The third-order valence-electron chi connectivity index (χ3n) is 4.95. The van der Waals surface area contributed by atoms with Crippen LogP contribution in [0.1, 0.15) is 16.6 Å². The summed E-state index contributed by atoms with van der Waals surface area (Å²) < 4.78 is 0. The molecule has 1 amide bonds. The van der Waals surface area contributed by atoms with Crippen molar-refractivity contribution in [1.82, 2.24) is 14.9 Å². The van der Waals surface area contributed by atoms with Crippen LogP contribution in [0.3, 0.4) is 0 Å². The van der Waals surface area contributed by atoms with Crippen molar-refractivity contribution in [1.29, 1.82) is 0 Å². The topological polar surface area (TPSA) is 61.4 Å². The van der Waals surface area contributed by atoms with Crippen LogP contribution < -0.4 is 10.2 Å². The van der Waals surface area contributed by atoms with Crippen molar-refractivity contribution in [3.63, 3.8) is 0 Å². The molecule has 1 aliphatic rings. The zero-order chi connectivity index (χ0) is 19.3. The molecule has 7 heteroatoms. The average molecular weight is 394 g/mol. The number of amides is 1. The number of thiazole rings is 1. The lowest BCUT2D eigenvalue weighted by atomic mass is 10.2. The minimum Gasteiger partial charge on any atom is -0.369 e. The summed E-state index contributed by atoms with van der Waals surface area (Å²) in [6.07, 6.45) is 5.08. The largest absolute Gasteiger partial charge is 0.369 e. The molecule has 2 aromatic heterocycles. The third kappa shape index (κ3) is 4.21. The first-order valence-corrected chi connectivity index (χ1v) is 10.3. The SMILES string of the molecule is CCN1CCN(c2cccc(NC(=O)c3cnc(-c4ccncc4)s3)c2)CC1. The predicted octanol–water partition coefficient (Wildman–Crippen LogP) is 3.60. The van der Waals surface area contributed by atoms with Crippen LogP contribution in [0, 0.1) is 0 Å². The first kappa shape index (κ1) is 18.6. The smallest absolute Gasteiger partial charge is 0.267 e. The van der Waals surface area contributed by atoms with Crippen LogP contribution in [0.4, 0.5) is 11.4 Å². The number of likely N-dealkylation sites (N-methyl/N-ethyl adjacent to an activating group) is 1. The number of pyridine rings is 1. The summed E-state index contributed by atoms with van der Waals surface area (Å²) >= 11 is 1.38. The van der Waals surface area contributed by atoms with E-state index in [1.54, 1.807) is 18.6 Å². The number of benzene rings is 1. The van der Waals surface area contributed by atoms with E-state index >= 15 is 0 Å². The van der Waals surface area contributed by atoms with Gasteiger partial charge in [-0.2, -0.15) is 0 Å². The van der Waals surface area contributed by atoms with Crippen LogP contribution >= 0.6 is 11.3 Å². The first-order chi connectivity index (χ1) is 13.7. The second-order valence-corrected chi connectivity index (χ2v) is 7.72. The minimum atomic E-state index is -0.134. The Labute approximate surface area is 168 Å². The molecular weight excluding hydrogens is 370 g/mol. The van der Waals surface area contributed by atoms with Gasteiger partial charge in [0.15, 0.2) is 0 Å². The van der Waals surface area contributed by atoms with E-state index in [-0.39, 0.29) is 5.91 Å². The Hall–Kier alpha value is -2.77. The standard InChI is InChI=1S/C21H23N5OS/c1-2-25-10-12-26(13-11-25)18-5-3-4-17(14-18)24-20(27)19-15-23-21(28-19)16-6-8-22-9-7-16/h3-9,14-15H,2,10-13H2,1H3,(H,24,27). The summed E-state index contributed by atoms with van der Waals surface area (Å²) in [6, 6.07) is 11.8. The summed E-state index contributed by atoms with van der Waals surface area (Å²) in [7, 11) is 0. The molecule has 0 unspecified atom stereocenters. The number of anilines is 2. The molecule has 0 spiro atoms. The summed E-state index contributed by atoms with van der Waals surface area (Å²) in [6.45, 7) is 7.47. The summed E-state index contributed by atoms with van der Waals surface area (Å²) in [5.41, 5.74) is 2.92. The fraction of sp³-hybridized carbons (Fsp3) is 0.286. The highest BCUT2D eigenvalue weighted by Crippen LogP contribution is 2.26. The second kappa shape index (κ2) is 8.50. The molecule has 144 valence electrons. The molecule has 1 saturated heterocycles. The average Bonchev–Trinajstić information content (AvgIpc) is 3.25. The lowest BCUT2D eigenvalue weighted by Crippen LogP contribution is -2.46. The molecule has 0 saturated carbocycles. The summed E-state index contributed by atoms with van der Waals surface area (Å²) in [5.74, 6) is -0.134. The van der Waals surface area contributed by atoms with Crippen LogP contribution in [0.2, 0.25) is 0 Å². The predicted molar refractivity (Wildman–Crippen MR) is 114 cm³/mol. The van der Waals surface area contributed by atoms with Gasteiger partial charge in [0, 0.05) is 55.5 Å². The maximum atomic E-state index is 12.7. The van der Waals surface area contributed by atoms with Crippen LogP contribution in [-0.2, 0) is 0 Å². The molecule has 0 aliphatic carbocycles. The normalized spacial score (nSPS) is 14.8. The van der Waals surface area contributed by atoms with Crippen molar-refractivity contribution < 1.29 is 4.79 Å². The molecule has 3 aromatic rings. The van der Waals surface area contributed by atoms with Crippen molar-refractivity contribution in [2.45, 2.75) is 6.92 Å². The monoisotopic (exact) mass is 393 g/mol. The lowest BCUT2D eigenvalue weighted by Gasteiger charge is -2.35. The van der Waals surface area contributed by atoms with Crippen LogP contribution in [0.5, 0.6) is 0 Å². The van der Waals surface area contributed by atoms with Crippen LogP contribution in [-0.4, -0.2) is 53.5 Å². The zero-order valence-corrected chi connectivity index (χ0v) is 16.7. The third-order valence-corrected chi connectivity index (χ3v) is 5.99. The van der Waals surface area contributed by atoms with Gasteiger partial charge in [0.25, 0.3) is 5.91 Å². The number of aromatic nitrogens is 2. The van der Waals surface area contributed by atoms with E-state index in [4.69, 9.17) is 0 Å². The van der Waals surface area contributed by atoms with Gasteiger partial charge in [0.2, 0.25) is 0 Å². The van der Waals surface area contributed by atoms with Gasteiger partial charge in [0.05, 0.1) is 6.20 Å². The molecule has 1 aromatic carbocycles. The van der Waals surface area contributed by atoms with E-state index in [1.807, 2.05) is 30.3 Å². The van der Waals surface area contributed by atoms with Crippen LogP contribution in [0.25, 0.3) is 10.6 Å². The van der Waals surface area contributed by atoms with E-state index in [2.05, 4.69) is 38.1 Å². The van der Waals surface area contributed by atoms with E-state index in [1.165, 1.54) is 11.3 Å². The highest BCUT2D eigenvalue weighted by molar-refractivity contribution is 7.17. The number of piperazine rings is 1. The number of carbonyl (C=O) groups excluding carboxylic acids is 1. The molecule has 6 nitrogen and oxygen atoms in total. The van der Waals surface area contributed by atoms with Crippen molar-refractivity contribution in [2.24, 2.45) is 0 Å². The molecule has 0 radical (unpaired) electrons. The number of hydrogen-bond acceptors (Lipinski definition) is 6. The van der Waals surface area contributed by atoms with Gasteiger partial charge < -0.3 is 15.1 Å². The highest BCUT2D eigenvalue weighted by Gasteiger charge is 2.17. The Morgan fingerprint density at radius 2 is 1.93 bits per heavy atom. The Balaban J connectivity index is 1.43. The fourth-order valence-corrected chi connectivity index (χ4v) is 4.12. The number of nitrogens with one attached hydrogen (secondary N) is 1. The molecule has 28 heavy (non-hydrogen) atoms. The lowest BCUT2D eigenvalue weighted by molar-refractivity contribution is 0.103. The number of nitrogens with zero attached hydrogens (tertiary/aromatic N) is 4. The van der Waals surface area contributed by atoms with Gasteiger partial charge in [-0.25, -0.2) is 4.98 Å². The van der Waals surface area contributed by atoms with Crippen molar-refractivity contribution >= 4 is 28.6 Å². The summed E-state index contributed by atoms with van der Waals surface area (Å²) in [5, 5.41) is 3.82. The molecular formula is C21H23N5OS. The maximum Gasteiger partial charge on any atom is 0.267 e. The quantitative estimate of drug-likeness (QED) is 0.718. The van der Waals surface area contributed by atoms with Crippen molar-refractivity contribution in [3.05, 3.63) is 59.9 Å². The highest BCUT2D eigenvalue weighted by atomic mass is 32.1. The van der Waals surface area contributed by atoms with Gasteiger partial charge in [0.1, 0.15) is 9.88 Å². The number of hydrogen-bond donors (Lipinski definition) is 1. The molecule has 1 N–H and O–H groups in total. The Morgan fingerprint density at radius 3 is 2.68 bits per heavy atom. The van der Waals surface area contributed by atoms with Gasteiger partial charge in [-0.3, -0.25) is 9.78 Å². The van der Waals surface area contributed by atoms with E-state index < -0.39 is 0 Å². The van der Waals surface area contributed by atoms with E-state index in [0.717, 1.165) is 54.7 Å². The molecule has 0 atom stereocenters. The Kier molecular flexibility index (Phi) is 5.64. The van der Waals surface area contributed by atoms with Gasteiger partial charge >= 0.3 is 0 Å².